The van der Waals surface area contributed by atoms with Gasteiger partial charge in [-0.25, -0.2) is 0 Å². The molecule has 2 aromatic rings. The highest BCUT2D eigenvalue weighted by atomic mass is 79.9. The zero-order valence-electron chi connectivity index (χ0n) is 8.03. The van der Waals surface area contributed by atoms with Gasteiger partial charge in [-0.2, -0.15) is 0 Å². The molecule has 0 fully saturated rings. The molecule has 4 heteroatoms. The molecule has 3 nitrogen and oxygen atoms in total. The second kappa shape index (κ2) is 4.16. The van der Waals surface area contributed by atoms with Gasteiger partial charge in [0.15, 0.2) is 0 Å². The number of H-pyrrole nitrogens is 1. The number of rotatable bonds is 3. The topological polar surface area (TPSA) is 58.9 Å². The van der Waals surface area contributed by atoms with Gasteiger partial charge in [-0.3, -0.25) is 0 Å². The maximum atomic E-state index is 10.5. The van der Waals surface area contributed by atoms with E-state index in [1.54, 1.807) is 0 Å². The quantitative estimate of drug-likeness (QED) is 0.835. The molecule has 0 aliphatic carbocycles. The number of carbonyl (C=O) groups is 1. The van der Waals surface area contributed by atoms with E-state index in [1.165, 1.54) is 0 Å². The molecular weight excluding hydrogens is 256 g/mol. The van der Waals surface area contributed by atoms with Crippen molar-refractivity contribution in [1.82, 2.24) is 4.98 Å². The Morgan fingerprint density at radius 2 is 2.33 bits per heavy atom. The molecule has 0 bridgehead atoms. The fourth-order valence-corrected chi connectivity index (χ4v) is 1.98. The van der Waals surface area contributed by atoms with Gasteiger partial charge < -0.3 is 15.5 Å². The van der Waals surface area contributed by atoms with Crippen molar-refractivity contribution >= 4 is 33.1 Å². The minimum absolute atomic E-state index is 0.428. The van der Waals surface area contributed by atoms with E-state index in [-0.39, 0.29) is 0 Å². The van der Waals surface area contributed by atoms with Crippen LogP contribution in [0.15, 0.2) is 28.9 Å². The molecule has 0 saturated carbocycles. The molecule has 0 saturated heterocycles. The number of nitrogens with two attached hydrogens (primary N) is 1. The number of hydrogen-bond acceptors (Lipinski definition) is 2. The maximum absolute atomic E-state index is 10.5. The summed E-state index contributed by atoms with van der Waals surface area (Å²) < 4.78 is 1.02. The summed E-state index contributed by atoms with van der Waals surface area (Å²) in [4.78, 5) is 13.6. The summed E-state index contributed by atoms with van der Waals surface area (Å²) >= 11 is 3.42. The summed E-state index contributed by atoms with van der Waals surface area (Å²) in [6, 6.07) is 5.57. The number of halogens is 1. The number of aldehydes is 1. The van der Waals surface area contributed by atoms with E-state index >= 15 is 0 Å². The molecule has 0 aliphatic heterocycles. The third kappa shape index (κ3) is 2.11. The zero-order valence-corrected chi connectivity index (χ0v) is 9.62. The number of benzene rings is 1. The van der Waals surface area contributed by atoms with Crippen LogP contribution in [0.1, 0.15) is 5.56 Å². The Morgan fingerprint density at radius 1 is 1.53 bits per heavy atom. The summed E-state index contributed by atoms with van der Waals surface area (Å²) in [6.07, 6.45) is 3.25. The van der Waals surface area contributed by atoms with E-state index in [0.29, 0.717) is 6.42 Å². The molecule has 78 valence electrons. The molecular formula is C11H11BrN2O. The molecule has 1 atom stereocenters. The number of aromatic amines is 1. The van der Waals surface area contributed by atoms with Gasteiger partial charge in [0.2, 0.25) is 0 Å². The first-order valence-electron chi connectivity index (χ1n) is 4.67. The highest BCUT2D eigenvalue weighted by molar-refractivity contribution is 9.10. The van der Waals surface area contributed by atoms with E-state index in [4.69, 9.17) is 5.73 Å². The minimum atomic E-state index is -0.428. The zero-order chi connectivity index (χ0) is 10.8. The third-order valence-corrected chi connectivity index (χ3v) is 2.85. The number of hydrogen-bond donors (Lipinski definition) is 2. The largest absolute Gasteiger partial charge is 0.361 e. The first kappa shape index (κ1) is 10.4. The van der Waals surface area contributed by atoms with Crippen LogP contribution in [0.2, 0.25) is 0 Å². The molecule has 0 aliphatic rings. The predicted molar refractivity (Wildman–Crippen MR) is 63.7 cm³/mol. The van der Waals surface area contributed by atoms with Gasteiger partial charge in [-0.1, -0.05) is 15.9 Å². The Kier molecular flexibility index (Phi) is 2.88. The molecule has 1 heterocycles. The first-order chi connectivity index (χ1) is 7.20. The van der Waals surface area contributed by atoms with Gasteiger partial charge in [0, 0.05) is 21.6 Å². The Balaban J connectivity index is 2.43. The summed E-state index contributed by atoms with van der Waals surface area (Å²) in [6.45, 7) is 0. The summed E-state index contributed by atoms with van der Waals surface area (Å²) in [5.74, 6) is 0. The molecule has 15 heavy (non-hydrogen) atoms. The van der Waals surface area contributed by atoms with E-state index < -0.39 is 6.04 Å². The van der Waals surface area contributed by atoms with Gasteiger partial charge in [0.25, 0.3) is 0 Å². The number of carbonyl (C=O) groups excluding carboxylic acids is 1. The van der Waals surface area contributed by atoms with E-state index in [0.717, 1.165) is 27.2 Å². The second-order valence-electron chi connectivity index (χ2n) is 3.51. The fraction of sp³-hybridized carbons (Fsp3) is 0.182. The Bertz CT molecular complexity index is 492. The lowest BCUT2D eigenvalue weighted by Crippen LogP contribution is -2.23. The van der Waals surface area contributed by atoms with Crippen LogP contribution in [-0.2, 0) is 11.2 Å². The van der Waals surface area contributed by atoms with Gasteiger partial charge in [-0.15, -0.1) is 0 Å². The van der Waals surface area contributed by atoms with Gasteiger partial charge >= 0.3 is 0 Å². The average Bonchev–Trinajstić information content (AvgIpc) is 2.61. The van der Waals surface area contributed by atoms with Gasteiger partial charge in [-0.05, 0) is 30.2 Å². The van der Waals surface area contributed by atoms with Gasteiger partial charge in [0.1, 0.15) is 6.29 Å². The van der Waals surface area contributed by atoms with Crippen molar-refractivity contribution < 1.29 is 4.79 Å². The summed E-state index contributed by atoms with van der Waals surface area (Å²) in [5, 5.41) is 1.11. The molecule has 2 rings (SSSR count). The SMILES string of the molecule is N[C@@H](C=O)Cc1c[nH]c2ccc(Br)cc12. The van der Waals surface area contributed by atoms with Crippen LogP contribution >= 0.6 is 15.9 Å². The fourth-order valence-electron chi connectivity index (χ4n) is 1.62. The van der Waals surface area contributed by atoms with Crippen LogP contribution in [0.3, 0.4) is 0 Å². The molecule has 1 aromatic heterocycles. The highest BCUT2D eigenvalue weighted by Gasteiger charge is 2.07. The van der Waals surface area contributed by atoms with E-state index in [2.05, 4.69) is 20.9 Å². The van der Waals surface area contributed by atoms with E-state index in [9.17, 15) is 4.79 Å². The van der Waals surface area contributed by atoms with Crippen molar-refractivity contribution in [2.45, 2.75) is 12.5 Å². The summed E-state index contributed by atoms with van der Waals surface area (Å²) in [5.41, 5.74) is 7.74. The van der Waals surface area contributed by atoms with Crippen LogP contribution in [-0.4, -0.2) is 17.3 Å². The standard InChI is InChI=1S/C11H11BrN2O/c12-8-1-2-11-10(4-8)7(5-14-11)3-9(13)6-15/h1-2,4-6,9,14H,3,13H2/t9-/m1/s1. The average molecular weight is 267 g/mol. The number of fused-ring (bicyclic) bond motifs is 1. The van der Waals surface area contributed by atoms with E-state index in [1.807, 2.05) is 24.4 Å². The van der Waals surface area contributed by atoms with Crippen molar-refractivity contribution in [1.29, 1.82) is 0 Å². The Hall–Kier alpha value is -1.13. The van der Waals surface area contributed by atoms with Crippen molar-refractivity contribution in [3.8, 4) is 0 Å². The second-order valence-corrected chi connectivity index (χ2v) is 4.42. The van der Waals surface area contributed by atoms with Crippen LogP contribution in [0.25, 0.3) is 10.9 Å². The monoisotopic (exact) mass is 266 g/mol. The van der Waals surface area contributed by atoms with Crippen molar-refractivity contribution in [2.75, 3.05) is 0 Å². The maximum Gasteiger partial charge on any atom is 0.137 e. The molecule has 0 spiro atoms. The smallest absolute Gasteiger partial charge is 0.137 e. The van der Waals surface area contributed by atoms with Crippen LogP contribution in [0.4, 0.5) is 0 Å². The molecule has 0 unspecified atom stereocenters. The normalized spacial score (nSPS) is 12.9. The van der Waals surface area contributed by atoms with Crippen LogP contribution < -0.4 is 5.73 Å². The molecule has 3 N–H and O–H groups in total. The molecule has 0 amide bonds. The molecule has 0 radical (unpaired) electrons. The van der Waals surface area contributed by atoms with Crippen molar-refractivity contribution in [3.63, 3.8) is 0 Å². The number of aromatic nitrogens is 1. The number of nitrogens with one attached hydrogen (secondary N) is 1. The van der Waals surface area contributed by atoms with Crippen molar-refractivity contribution in [3.05, 3.63) is 34.4 Å². The van der Waals surface area contributed by atoms with Crippen LogP contribution in [0.5, 0.6) is 0 Å². The summed E-state index contributed by atoms with van der Waals surface area (Å²) in [7, 11) is 0. The Morgan fingerprint density at radius 3 is 3.07 bits per heavy atom. The lowest BCUT2D eigenvalue weighted by Gasteiger charge is -2.02. The lowest BCUT2D eigenvalue weighted by molar-refractivity contribution is -0.108. The Labute approximate surface area is 95.8 Å². The first-order valence-corrected chi connectivity index (χ1v) is 5.46. The third-order valence-electron chi connectivity index (χ3n) is 2.36. The van der Waals surface area contributed by atoms with Crippen molar-refractivity contribution in [2.24, 2.45) is 5.73 Å². The van der Waals surface area contributed by atoms with Crippen LogP contribution in [0, 0.1) is 0 Å². The van der Waals surface area contributed by atoms with Gasteiger partial charge in [0.05, 0.1) is 6.04 Å². The molecule has 1 aromatic carbocycles. The predicted octanol–water partition coefficient (Wildman–Crippen LogP) is 2.00. The highest BCUT2D eigenvalue weighted by Crippen LogP contribution is 2.23. The lowest BCUT2D eigenvalue weighted by atomic mass is 10.1. The minimum Gasteiger partial charge on any atom is -0.361 e.